The van der Waals surface area contributed by atoms with Gasteiger partial charge in [-0.05, 0) is 69.9 Å². The molecule has 1 aromatic heterocycles. The fraction of sp³-hybridized carbons (Fsp3) is 0.286. The third-order valence-electron chi connectivity index (χ3n) is 6.18. The van der Waals surface area contributed by atoms with Crippen molar-refractivity contribution >= 4 is 44.1 Å². The van der Waals surface area contributed by atoms with Gasteiger partial charge in [0.25, 0.3) is 10.0 Å². The summed E-state index contributed by atoms with van der Waals surface area (Å²) < 4.78 is 40.5. The number of nitrogens with zero attached hydrogens (tertiary/aromatic N) is 3. The predicted molar refractivity (Wildman–Crippen MR) is 156 cm³/mol. The van der Waals surface area contributed by atoms with Gasteiger partial charge in [0.05, 0.1) is 35.8 Å². The number of fused-ring (bicyclic) bond motifs is 1. The van der Waals surface area contributed by atoms with E-state index in [1.165, 1.54) is 12.1 Å². The normalized spacial score (nSPS) is 11.4. The quantitative estimate of drug-likeness (QED) is 0.230. The Morgan fingerprint density at radius 3 is 2.15 bits per heavy atom. The van der Waals surface area contributed by atoms with Gasteiger partial charge in [0.15, 0.2) is 11.6 Å². The van der Waals surface area contributed by atoms with Gasteiger partial charge in [0, 0.05) is 30.4 Å². The van der Waals surface area contributed by atoms with Crippen LogP contribution in [0.15, 0.2) is 65.6 Å². The van der Waals surface area contributed by atoms with Crippen LogP contribution in [0, 0.1) is 0 Å². The van der Waals surface area contributed by atoms with Crippen molar-refractivity contribution in [2.24, 2.45) is 0 Å². The van der Waals surface area contributed by atoms with Gasteiger partial charge in [-0.1, -0.05) is 12.1 Å². The number of hydrogen-bond acceptors (Lipinski definition) is 9. The van der Waals surface area contributed by atoms with Crippen LogP contribution < -0.4 is 24.8 Å². The number of benzene rings is 3. The topological polar surface area (TPSA) is 118 Å². The Balaban J connectivity index is 1.79. The van der Waals surface area contributed by atoms with Crippen LogP contribution in [0.5, 0.6) is 11.5 Å². The Morgan fingerprint density at radius 1 is 0.897 bits per heavy atom. The lowest BCUT2D eigenvalue weighted by atomic mass is 10.0. The van der Waals surface area contributed by atoms with E-state index in [1.54, 1.807) is 39.5 Å². The molecule has 0 saturated heterocycles. The molecule has 3 N–H and O–H groups in total. The Morgan fingerprint density at radius 2 is 1.56 bits per heavy atom. The van der Waals surface area contributed by atoms with E-state index in [1.807, 2.05) is 44.4 Å². The number of hydrogen-bond donors (Lipinski definition) is 3. The molecule has 11 heteroatoms. The first kappa shape index (κ1) is 27.9. The molecule has 0 aliphatic heterocycles. The van der Waals surface area contributed by atoms with Crippen molar-refractivity contribution in [3.63, 3.8) is 0 Å². The molecule has 0 aliphatic carbocycles. The van der Waals surface area contributed by atoms with Gasteiger partial charge >= 0.3 is 0 Å². The van der Waals surface area contributed by atoms with Gasteiger partial charge < -0.3 is 25.0 Å². The van der Waals surface area contributed by atoms with Gasteiger partial charge in [-0.25, -0.2) is 18.4 Å². The zero-order valence-corrected chi connectivity index (χ0v) is 23.6. The number of para-hydroxylation sites is 2. The molecule has 39 heavy (non-hydrogen) atoms. The van der Waals surface area contributed by atoms with Crippen molar-refractivity contribution in [3.8, 4) is 11.5 Å². The summed E-state index contributed by atoms with van der Waals surface area (Å²) in [7, 11) is 5.07. The molecule has 0 bridgehead atoms. The van der Waals surface area contributed by atoms with E-state index < -0.39 is 10.0 Å². The number of nitrogens with one attached hydrogen (secondary N) is 3. The van der Waals surface area contributed by atoms with Gasteiger partial charge in [-0.3, -0.25) is 4.72 Å². The zero-order valence-electron chi connectivity index (χ0n) is 22.8. The molecule has 0 radical (unpaired) electrons. The van der Waals surface area contributed by atoms with E-state index in [9.17, 15) is 8.42 Å². The summed E-state index contributed by atoms with van der Waals surface area (Å²) >= 11 is 0. The molecule has 0 saturated carbocycles. The summed E-state index contributed by atoms with van der Waals surface area (Å²) in [5, 5.41) is 6.31. The number of methoxy groups -OCH3 is 2. The van der Waals surface area contributed by atoms with Crippen molar-refractivity contribution in [3.05, 3.63) is 66.2 Å². The van der Waals surface area contributed by atoms with E-state index in [4.69, 9.17) is 14.5 Å². The first-order valence-electron chi connectivity index (χ1n) is 12.5. The fourth-order valence-electron chi connectivity index (χ4n) is 4.13. The standard InChI is InChI=1S/C28H34N6O4S/c1-29-19-12-14-21(15-13-19)39(35,36)33-28-27(30-23-10-6-7-11-24(23)31-28)32-25-17-20(37-4)18-26(38-5)22(25)9-8-16-34(2)3/h6-7,10-15,17-18,29H,8-9,16H2,1-5H3,(H,30,32)(H,31,33). The molecule has 0 fully saturated rings. The van der Waals surface area contributed by atoms with Crippen LogP contribution in [0.4, 0.5) is 23.0 Å². The molecular formula is C28H34N6O4S. The second kappa shape index (κ2) is 12.2. The van der Waals surface area contributed by atoms with Gasteiger partial charge in [-0.2, -0.15) is 0 Å². The second-order valence-corrected chi connectivity index (χ2v) is 10.9. The highest BCUT2D eigenvalue weighted by atomic mass is 32.2. The SMILES string of the molecule is CNc1ccc(S(=O)(=O)Nc2nc3ccccc3nc2Nc2cc(OC)cc(OC)c2CCCN(C)C)cc1. The van der Waals surface area contributed by atoms with Gasteiger partial charge in [0.2, 0.25) is 0 Å². The minimum atomic E-state index is -3.96. The highest BCUT2D eigenvalue weighted by molar-refractivity contribution is 7.92. The van der Waals surface area contributed by atoms with Crippen LogP contribution in [-0.2, 0) is 16.4 Å². The second-order valence-electron chi connectivity index (χ2n) is 9.18. The molecule has 1 heterocycles. The number of ether oxygens (including phenoxy) is 2. The Hall–Kier alpha value is -4.09. The molecule has 0 spiro atoms. The highest BCUT2D eigenvalue weighted by Gasteiger charge is 2.21. The van der Waals surface area contributed by atoms with Crippen molar-refractivity contribution in [1.29, 1.82) is 0 Å². The molecule has 0 amide bonds. The van der Waals surface area contributed by atoms with Crippen LogP contribution in [0.3, 0.4) is 0 Å². The van der Waals surface area contributed by atoms with Crippen molar-refractivity contribution in [1.82, 2.24) is 14.9 Å². The summed E-state index contributed by atoms with van der Waals surface area (Å²) in [5.41, 5.74) is 3.58. The molecule has 3 aromatic carbocycles. The summed E-state index contributed by atoms with van der Waals surface area (Å²) in [6.07, 6.45) is 1.60. The lowest BCUT2D eigenvalue weighted by Gasteiger charge is -2.19. The highest BCUT2D eigenvalue weighted by Crippen LogP contribution is 2.36. The molecule has 4 aromatic rings. The molecule has 0 atom stereocenters. The van der Waals surface area contributed by atoms with Gasteiger partial charge in [-0.15, -0.1) is 0 Å². The van der Waals surface area contributed by atoms with Crippen LogP contribution >= 0.6 is 0 Å². The lowest BCUT2D eigenvalue weighted by molar-refractivity contribution is 0.384. The van der Waals surface area contributed by atoms with Crippen LogP contribution in [0.1, 0.15) is 12.0 Å². The lowest BCUT2D eigenvalue weighted by Crippen LogP contribution is -2.16. The Labute approximate surface area is 229 Å². The minimum Gasteiger partial charge on any atom is -0.497 e. The third-order valence-corrected chi connectivity index (χ3v) is 7.53. The molecule has 0 aliphatic rings. The van der Waals surface area contributed by atoms with E-state index in [2.05, 4.69) is 25.2 Å². The summed E-state index contributed by atoms with van der Waals surface area (Å²) in [6.45, 7) is 0.891. The first-order valence-corrected chi connectivity index (χ1v) is 14.0. The monoisotopic (exact) mass is 550 g/mol. The summed E-state index contributed by atoms with van der Waals surface area (Å²) in [5.74, 6) is 1.59. The maximum atomic E-state index is 13.3. The average Bonchev–Trinajstić information content (AvgIpc) is 2.93. The first-order chi connectivity index (χ1) is 18.7. The number of aromatic nitrogens is 2. The average molecular weight is 551 g/mol. The van der Waals surface area contributed by atoms with Crippen LogP contribution in [0.2, 0.25) is 0 Å². The fourth-order valence-corrected chi connectivity index (χ4v) is 5.14. The Kier molecular flexibility index (Phi) is 8.72. The molecule has 206 valence electrons. The van der Waals surface area contributed by atoms with Crippen molar-refractivity contribution in [2.75, 3.05) is 57.3 Å². The largest absolute Gasteiger partial charge is 0.497 e. The van der Waals surface area contributed by atoms with E-state index in [-0.39, 0.29) is 16.5 Å². The molecule has 4 rings (SSSR count). The van der Waals surface area contributed by atoms with Crippen molar-refractivity contribution < 1.29 is 17.9 Å². The molecule has 0 unspecified atom stereocenters. The maximum Gasteiger partial charge on any atom is 0.263 e. The third kappa shape index (κ3) is 6.68. The maximum absolute atomic E-state index is 13.3. The number of rotatable bonds is 12. The van der Waals surface area contributed by atoms with E-state index in [0.717, 1.165) is 24.2 Å². The smallest absolute Gasteiger partial charge is 0.263 e. The molecule has 10 nitrogen and oxygen atoms in total. The predicted octanol–water partition coefficient (Wildman–Crippen LogP) is 4.73. The van der Waals surface area contributed by atoms with Crippen LogP contribution in [0.25, 0.3) is 11.0 Å². The van der Waals surface area contributed by atoms with Crippen LogP contribution in [-0.4, -0.2) is 65.2 Å². The molecular weight excluding hydrogens is 516 g/mol. The Bertz CT molecular complexity index is 1540. The summed E-state index contributed by atoms with van der Waals surface area (Å²) in [4.78, 5) is 11.6. The van der Waals surface area contributed by atoms with E-state index >= 15 is 0 Å². The summed E-state index contributed by atoms with van der Waals surface area (Å²) in [6, 6.07) is 17.4. The zero-order chi connectivity index (χ0) is 28.0. The minimum absolute atomic E-state index is 0.0763. The van der Waals surface area contributed by atoms with Gasteiger partial charge in [0.1, 0.15) is 11.5 Å². The number of anilines is 4. The van der Waals surface area contributed by atoms with Crippen molar-refractivity contribution in [2.45, 2.75) is 17.7 Å². The van der Waals surface area contributed by atoms with E-state index in [0.29, 0.717) is 34.6 Å². The number of sulfonamides is 1.